The number of nitrogens with one attached hydrogen (secondary N) is 5. The van der Waals surface area contributed by atoms with Crippen molar-refractivity contribution in [3.63, 3.8) is 0 Å². The lowest BCUT2D eigenvalue weighted by molar-refractivity contribution is 0.0588. The Morgan fingerprint density at radius 1 is 1.05 bits per heavy atom. The summed E-state index contributed by atoms with van der Waals surface area (Å²) in [6.07, 6.45) is 16.4. The molecule has 0 bridgehead atoms. The third-order valence-corrected chi connectivity index (χ3v) is 13.1. The summed E-state index contributed by atoms with van der Waals surface area (Å²) in [5.74, 6) is 3.09. The molecule has 2 unspecified atom stereocenters. The van der Waals surface area contributed by atoms with E-state index in [4.69, 9.17) is 208 Å². The van der Waals surface area contributed by atoms with Crippen LogP contribution < -0.4 is 31.7 Å². The maximum Gasteiger partial charge on any atom is 0.415 e. The number of rotatable bonds is 7. The lowest BCUT2D eigenvalue weighted by atomic mass is 9.83. The van der Waals surface area contributed by atoms with Gasteiger partial charge in [-0.25, -0.2) is 34.7 Å². The Bertz CT molecular complexity index is 3170. The average molecular weight is 1170 g/mol. The molecule has 1 aliphatic heterocycles. The molecule has 0 aromatic carbocycles. The van der Waals surface area contributed by atoms with Crippen LogP contribution in [-0.2, 0) is 11.2 Å². The number of H-pyrrole nitrogens is 3. The molecule has 1 amide bonds. The summed E-state index contributed by atoms with van der Waals surface area (Å²) >= 11 is 6.48. The molecule has 1 saturated heterocycles. The number of carbonyl (C=O) groups is 1. The predicted molar refractivity (Wildman–Crippen MR) is 390 cm³/mol. The minimum Gasteiger partial charge on any atom is -0.443 e. The molecule has 66 heavy (non-hydrogen) atoms. The molecule has 7 aromatic heterocycles. The van der Waals surface area contributed by atoms with Crippen LogP contribution >= 0.6 is 24.0 Å². The maximum atomic E-state index is 12.3. The number of carbonyl (C=O) groups excluding carboxylic acids is 1. The van der Waals surface area contributed by atoms with Crippen LogP contribution in [0.5, 0.6) is 0 Å². The summed E-state index contributed by atoms with van der Waals surface area (Å²) in [6, 6.07) is 6.67. The minimum absolute atomic E-state index is 0. The van der Waals surface area contributed by atoms with Crippen LogP contribution in [0.3, 0.4) is 0 Å². The SMILES string of the molecule is CCC1CCCCC1NC.CN(C(=O)OC(C)(C)C)c1nccc2c1Cc1[nH]c(=S)[nH]c(=O)c1-2.CNc1nccc2c1[nH]c1nc(Sc3cnc4nccnc4c3)nc(N3CC[C@@H](N)C3)c12.[2HH].[2H][2H].[2H][2H].[2H][2H].[2H][2H].[2H][2H].[2H][2H].[2H][2H].[2H][2H].[2H][2H].[2H][2H].[2H][2H].[2H][2H].[2H][2H].[2H][2H].[2H][2H].[2H][2H].[2H][2H].[2H][2H].[2H][2H].[2H][2H].[2H][2H].[2H][2H].[2H][2H].[2H][2H].[2H][2H].[2H][2H].[2H][2H].[2H][2H].[2H][2H].[2H][2H].[2H][2H].[2H][2H].[2H][2H].[2H][2H].[2H][2H].[2H][2H].[2H][2H].[2H][2H].[2H][2H].[2H][2H].[2H][2H].[2H][2H].[2H][2H].[2H][2H].[2H][2H].[2H][2H].[2H][2H].[2H][2H].[2H][2H].[2H][2H].[2H][2H].[2H][2H].[2H][2H].[2H][2H].[2H][2H].[2H][2H].[2H][2H].[2H][2H].[2H][2H]. The van der Waals surface area contributed by atoms with Crippen molar-refractivity contribution in [2.24, 2.45) is 11.7 Å². The van der Waals surface area contributed by atoms with Gasteiger partial charge in [-0.1, -0.05) is 26.2 Å². The first-order valence-electron chi connectivity index (χ1n) is 81.3. The number of nitrogens with two attached hydrogens (primary N) is 1. The van der Waals surface area contributed by atoms with Gasteiger partial charge in [-0.05, 0) is 101 Å². The van der Waals surface area contributed by atoms with Crippen molar-refractivity contribution >= 4 is 80.6 Å². The zero-order valence-corrected chi connectivity index (χ0v) is 40.0. The monoisotopic (exact) mass is 1170 g/mol. The summed E-state index contributed by atoms with van der Waals surface area (Å²) in [4.78, 5) is 69.6. The molecule has 0 spiro atoms. The minimum atomic E-state index is -0.603. The highest BCUT2D eigenvalue weighted by molar-refractivity contribution is 7.99. The molecule has 7 N–H and O–H groups in total. The fourth-order valence-corrected chi connectivity index (χ4v) is 9.90. The summed E-state index contributed by atoms with van der Waals surface area (Å²) in [6.45, 7) is 9.34. The molecular weight excluding hydrogens is 875 g/mol. The van der Waals surface area contributed by atoms with Gasteiger partial charge >= 0.3 is 6.09 Å². The van der Waals surface area contributed by atoms with Crippen molar-refractivity contribution in [3.05, 3.63) is 75.6 Å². The van der Waals surface area contributed by atoms with E-state index in [9.17, 15) is 9.59 Å². The lowest BCUT2D eigenvalue weighted by Crippen LogP contribution is -2.35. The topological polar surface area (TPSA) is 238 Å². The number of anilines is 3. The zero-order valence-electron chi connectivity index (χ0n) is 156. The quantitative estimate of drug-likeness (QED) is 0.0643. The number of fused-ring (bicyclic) bond motifs is 7. The van der Waals surface area contributed by atoms with E-state index >= 15 is 0 Å². The molecule has 1 saturated carbocycles. The first kappa shape index (κ1) is 13.1. The van der Waals surface area contributed by atoms with Gasteiger partial charge in [0.05, 0.1) is 16.5 Å². The van der Waals surface area contributed by atoms with E-state index in [1.165, 1.54) is 48.8 Å². The van der Waals surface area contributed by atoms with Crippen molar-refractivity contribution in [1.29, 1.82) is 0 Å². The Labute approximate surface area is 575 Å². The molecule has 2 aliphatic carbocycles. The second-order valence-electron chi connectivity index (χ2n) is 17.7. The number of nitrogens with zero attached hydrogens (tertiary/aromatic N) is 9. The Morgan fingerprint density at radius 2 is 1.83 bits per heavy atom. The molecule has 0 radical (unpaired) electrons. The van der Waals surface area contributed by atoms with Crippen LogP contribution in [-0.4, -0.2) is 108 Å². The molecular formula is C46H177N15O3S2. The summed E-state index contributed by atoms with van der Waals surface area (Å²) in [7, 11) is 5.56. The second-order valence-corrected chi connectivity index (χ2v) is 19.1. The molecule has 18 nitrogen and oxygen atoms in total. The van der Waals surface area contributed by atoms with Crippen LogP contribution in [0.4, 0.5) is 22.2 Å². The van der Waals surface area contributed by atoms with Crippen molar-refractivity contribution in [2.75, 3.05) is 49.3 Å². The molecule has 7 aromatic rings. The molecule has 466 valence electrons. The Hall–Kier alpha value is -6.09. The van der Waals surface area contributed by atoms with E-state index in [2.05, 4.69) is 69.4 Å². The van der Waals surface area contributed by atoms with E-state index < -0.39 is 11.7 Å². The smallest absolute Gasteiger partial charge is 0.415 e. The maximum absolute atomic E-state index is 12.3. The fraction of sp³-hybridized carbons (Fsp3) is 0.435. The number of amides is 1. The average Bonchev–Trinajstić information content (AvgIpc) is 1.60. The van der Waals surface area contributed by atoms with Crippen LogP contribution in [0.25, 0.3) is 44.2 Å². The Kier molecular flexibility index (Phi) is 3.93. The molecule has 3 aliphatic rings. The van der Waals surface area contributed by atoms with E-state index in [-0.39, 0.29) is 17.8 Å². The number of aromatic nitrogens is 10. The van der Waals surface area contributed by atoms with Crippen molar-refractivity contribution in [2.45, 2.75) is 100 Å². The lowest BCUT2D eigenvalue weighted by Gasteiger charge is -2.30. The van der Waals surface area contributed by atoms with E-state index in [0.717, 1.165) is 92.3 Å². The molecule has 2 fully saturated rings. The van der Waals surface area contributed by atoms with Crippen LogP contribution in [0.15, 0.2) is 64.0 Å². The summed E-state index contributed by atoms with van der Waals surface area (Å²) in [5, 5.41) is 9.20. The van der Waals surface area contributed by atoms with Crippen LogP contribution in [0, 0.1) is 10.7 Å². The Morgan fingerprint density at radius 3 is 2.56 bits per heavy atom. The van der Waals surface area contributed by atoms with Gasteiger partial charge in [0.1, 0.15) is 34.2 Å². The third-order valence-electron chi connectivity index (χ3n) is 12.1. The van der Waals surface area contributed by atoms with Gasteiger partial charge in [0.25, 0.3) is 5.56 Å². The van der Waals surface area contributed by atoms with Crippen molar-refractivity contribution in [1.82, 2.24) is 55.2 Å². The number of hydrogen-bond donors (Lipinski definition) is 6. The molecule has 8 heterocycles. The molecule has 20 heteroatoms. The van der Waals surface area contributed by atoms with Gasteiger partial charge < -0.3 is 36.0 Å². The molecule has 10 rings (SSSR count). The normalized spacial score (nSPS) is 24.8. The van der Waals surface area contributed by atoms with Crippen LogP contribution in [0.1, 0.15) is 254 Å². The highest BCUT2D eigenvalue weighted by Gasteiger charge is 2.30. The fourth-order valence-electron chi connectivity index (χ4n) is 8.93. The van der Waals surface area contributed by atoms with E-state index in [1.807, 2.05) is 19.2 Å². The third kappa shape index (κ3) is 10.0. The largest absolute Gasteiger partial charge is 0.443 e. The number of hydrogen-bond acceptors (Lipinski definition) is 16. The Balaban J connectivity index is -0.0000000203. The highest BCUT2D eigenvalue weighted by atomic mass is 32.2. The first-order valence-corrected chi connectivity index (χ1v) is 23.6. The van der Waals surface area contributed by atoms with Gasteiger partial charge in [0.2, 0.25) is 0 Å². The summed E-state index contributed by atoms with van der Waals surface area (Å²) in [5.41, 5.74) is 11.2. The predicted octanol–water partition coefficient (Wildman–Crippen LogP) is 22.3. The second kappa shape index (κ2) is 19.8. The highest BCUT2D eigenvalue weighted by Crippen LogP contribution is 2.39. The van der Waals surface area contributed by atoms with Gasteiger partial charge in [0.15, 0.2) is 15.6 Å². The number of pyridine rings is 3. The van der Waals surface area contributed by atoms with Gasteiger partial charge in [-0.2, -0.15) is 0 Å². The van der Waals surface area contributed by atoms with Crippen molar-refractivity contribution < 1.29 is 186 Å². The van der Waals surface area contributed by atoms with E-state index in [1.54, 1.807) is 64.9 Å². The van der Waals surface area contributed by atoms with Crippen molar-refractivity contribution in [3.8, 4) is 11.1 Å². The van der Waals surface area contributed by atoms with Gasteiger partial charge in [-0.15, -0.1) is 0 Å². The summed E-state index contributed by atoms with van der Waals surface area (Å²) < 4.78 is 596. The molecule has 3 atom stereocenters. The first-order chi connectivity index (χ1) is 90.7. The zero-order chi connectivity index (χ0) is 165. The van der Waals surface area contributed by atoms with Gasteiger partial charge in [-0.3, -0.25) is 19.7 Å². The standard InChI is InChI=1S/C21H20N10S.C16H18N4O3S.C9H19N.60H2/c1-23-19-16-13(2-4-25-19)15-18(28-16)29-21(30-20(15)31-7-3-11(22)10-31)32-12-8-14-17(27-9-12)26-6-5-24-14;1-16(2,3)23-15(22)20(4)12-9-7-10-11(8(9)5-6-17-12)13(21)19-14(24)18-10;1-3-8-6-4-5-7-9(8)10-2;;;;;;;;;;;;;;;;;;;;;;;;;;;;;;;;;;;;;;;;;;;;;;;;;;;;;;;;;;;;/h2,4-6,8-9,11H,3,7,10,22H2,1H3,(H,23,25)(H,28,29,30);5-6H,7H2,1-4H3,(H2,18,19,21,24);8-10H,3-7H2,1-2H3;60*1H/t11-;;;;;;;;;;;;;;;;;;;;;;;;;;;;;;;;;;;;;;;;;;;;;;;;;;;;;;;;;;;;;;/m1............................................................../s1/i;;;59*1+1D;1+1. The van der Waals surface area contributed by atoms with Crippen LogP contribution in [0.2, 0.25) is 0 Å². The van der Waals surface area contributed by atoms with E-state index in [0.29, 0.717) is 28.6 Å². The number of ether oxygens (including phenoxy) is 1. The van der Waals surface area contributed by atoms with Gasteiger partial charge in [0, 0.05) is 275 Å². The number of aromatic amines is 3.